The molecule has 12 heavy (non-hydrogen) atoms. The molecule has 2 nitrogen and oxygen atoms in total. The zero-order chi connectivity index (χ0) is 8.97. The highest BCUT2D eigenvalue weighted by Gasteiger charge is 2.04. The minimum Gasteiger partial charge on any atom is -0.380 e. The van der Waals surface area contributed by atoms with Gasteiger partial charge in [-0.25, -0.2) is 0 Å². The Kier molecular flexibility index (Phi) is 4.21. The molecule has 0 saturated heterocycles. The third-order valence-electron chi connectivity index (χ3n) is 1.46. The van der Waals surface area contributed by atoms with Crippen LogP contribution in [-0.2, 0) is 17.9 Å². The predicted octanol–water partition coefficient (Wildman–Crippen LogP) is 2.38. The molecule has 0 aliphatic carbocycles. The maximum Gasteiger partial charge on any atom is 0.0757 e. The Bertz CT molecular complexity index is 249. The van der Waals surface area contributed by atoms with E-state index in [0.717, 1.165) is 6.54 Å². The average molecular weight is 250 g/mol. The van der Waals surface area contributed by atoms with Gasteiger partial charge in [0.2, 0.25) is 0 Å². The summed E-state index contributed by atoms with van der Waals surface area (Å²) in [6.45, 7) is 1.60. The van der Waals surface area contributed by atoms with Crippen LogP contribution in [-0.4, -0.2) is 14.2 Å². The number of hydrogen-bond acceptors (Lipinski definition) is 3. The van der Waals surface area contributed by atoms with Crippen LogP contribution in [0.15, 0.2) is 9.85 Å². The van der Waals surface area contributed by atoms with Gasteiger partial charge in [-0.3, -0.25) is 0 Å². The Balaban J connectivity index is 2.70. The quantitative estimate of drug-likeness (QED) is 0.885. The minimum absolute atomic E-state index is 0.681. The first-order chi connectivity index (χ1) is 5.77. The number of rotatable bonds is 4. The summed E-state index contributed by atoms with van der Waals surface area (Å²) in [6, 6.07) is 2.16. The summed E-state index contributed by atoms with van der Waals surface area (Å²) >= 11 is 5.25. The zero-order valence-corrected chi connectivity index (χ0v) is 9.59. The zero-order valence-electron chi connectivity index (χ0n) is 7.19. The second-order valence-corrected chi connectivity index (χ2v) is 4.93. The highest BCUT2D eigenvalue weighted by molar-refractivity contribution is 9.11. The Morgan fingerprint density at radius 1 is 1.67 bits per heavy atom. The van der Waals surface area contributed by atoms with Gasteiger partial charge in [0.1, 0.15) is 0 Å². The summed E-state index contributed by atoms with van der Waals surface area (Å²) in [5.74, 6) is 0. The normalized spacial score (nSPS) is 10.6. The van der Waals surface area contributed by atoms with Crippen molar-refractivity contribution in [1.82, 2.24) is 5.32 Å². The molecule has 4 heteroatoms. The van der Waals surface area contributed by atoms with Gasteiger partial charge < -0.3 is 10.1 Å². The van der Waals surface area contributed by atoms with Crippen molar-refractivity contribution in [3.05, 3.63) is 20.3 Å². The topological polar surface area (TPSA) is 21.3 Å². The molecule has 0 amide bonds. The van der Waals surface area contributed by atoms with E-state index in [1.54, 1.807) is 18.4 Å². The Labute approximate surface area is 85.1 Å². The van der Waals surface area contributed by atoms with E-state index in [4.69, 9.17) is 4.74 Å². The molecule has 1 aromatic heterocycles. The number of nitrogens with one attached hydrogen (secondary N) is 1. The monoisotopic (exact) mass is 249 g/mol. The molecule has 1 heterocycles. The van der Waals surface area contributed by atoms with E-state index in [1.165, 1.54) is 14.2 Å². The smallest absolute Gasteiger partial charge is 0.0757 e. The van der Waals surface area contributed by atoms with Crippen molar-refractivity contribution >= 4 is 27.3 Å². The third kappa shape index (κ3) is 2.55. The predicted molar refractivity (Wildman–Crippen MR) is 55.5 cm³/mol. The van der Waals surface area contributed by atoms with Crippen LogP contribution in [0.5, 0.6) is 0 Å². The van der Waals surface area contributed by atoms with Crippen molar-refractivity contribution in [2.24, 2.45) is 0 Å². The fraction of sp³-hybridized carbons (Fsp3) is 0.500. The Hall–Kier alpha value is 0.1000. The van der Waals surface area contributed by atoms with Crippen molar-refractivity contribution in [1.29, 1.82) is 0 Å². The maximum atomic E-state index is 5.06. The molecule has 0 saturated carbocycles. The van der Waals surface area contributed by atoms with E-state index in [9.17, 15) is 0 Å². The number of thiophene rings is 1. The van der Waals surface area contributed by atoms with E-state index in [-0.39, 0.29) is 0 Å². The van der Waals surface area contributed by atoms with Gasteiger partial charge in [0.25, 0.3) is 0 Å². The molecule has 1 aromatic rings. The molecule has 0 spiro atoms. The second kappa shape index (κ2) is 4.97. The van der Waals surface area contributed by atoms with Crippen molar-refractivity contribution in [3.8, 4) is 0 Å². The van der Waals surface area contributed by atoms with Crippen molar-refractivity contribution in [3.63, 3.8) is 0 Å². The standard InChI is InChI=1S/C8H12BrNOS/c1-10-4-7-3-6(5-11-2)8(9)12-7/h3,10H,4-5H2,1-2H3. The molecule has 0 aliphatic rings. The lowest BCUT2D eigenvalue weighted by molar-refractivity contribution is 0.184. The Morgan fingerprint density at radius 2 is 2.42 bits per heavy atom. The van der Waals surface area contributed by atoms with Gasteiger partial charge in [-0.1, -0.05) is 0 Å². The number of halogens is 1. The Morgan fingerprint density at radius 3 is 3.00 bits per heavy atom. The number of methoxy groups -OCH3 is 1. The minimum atomic E-state index is 0.681. The molecule has 0 unspecified atom stereocenters. The van der Waals surface area contributed by atoms with Crippen molar-refractivity contribution in [2.75, 3.05) is 14.2 Å². The van der Waals surface area contributed by atoms with E-state index < -0.39 is 0 Å². The molecule has 0 aliphatic heterocycles. The van der Waals surface area contributed by atoms with Crippen LogP contribution in [0.4, 0.5) is 0 Å². The highest BCUT2D eigenvalue weighted by atomic mass is 79.9. The van der Waals surface area contributed by atoms with Gasteiger partial charge in [-0.05, 0) is 29.0 Å². The van der Waals surface area contributed by atoms with Gasteiger partial charge in [-0.2, -0.15) is 0 Å². The molecular formula is C8H12BrNOS. The summed E-state index contributed by atoms with van der Waals surface area (Å²) in [5, 5.41) is 3.12. The summed E-state index contributed by atoms with van der Waals surface area (Å²) in [4.78, 5) is 1.33. The van der Waals surface area contributed by atoms with Gasteiger partial charge in [0.05, 0.1) is 10.4 Å². The first kappa shape index (κ1) is 10.2. The average Bonchev–Trinajstić information content (AvgIpc) is 2.34. The molecule has 1 N–H and O–H groups in total. The lowest BCUT2D eigenvalue weighted by Crippen LogP contribution is -2.02. The van der Waals surface area contributed by atoms with Crippen LogP contribution in [0.25, 0.3) is 0 Å². The molecule has 0 fully saturated rings. The van der Waals surface area contributed by atoms with Gasteiger partial charge in [-0.15, -0.1) is 11.3 Å². The fourth-order valence-electron chi connectivity index (χ4n) is 0.976. The number of ether oxygens (including phenoxy) is 1. The first-order valence-electron chi connectivity index (χ1n) is 3.68. The van der Waals surface area contributed by atoms with Crippen LogP contribution >= 0.6 is 27.3 Å². The number of hydrogen-bond donors (Lipinski definition) is 1. The van der Waals surface area contributed by atoms with Crippen molar-refractivity contribution < 1.29 is 4.74 Å². The van der Waals surface area contributed by atoms with E-state index >= 15 is 0 Å². The van der Waals surface area contributed by atoms with E-state index in [0.29, 0.717) is 6.61 Å². The summed E-state index contributed by atoms with van der Waals surface area (Å²) in [7, 11) is 3.66. The lowest BCUT2D eigenvalue weighted by atomic mass is 10.3. The maximum absolute atomic E-state index is 5.06. The van der Waals surface area contributed by atoms with Crippen molar-refractivity contribution in [2.45, 2.75) is 13.2 Å². The summed E-state index contributed by atoms with van der Waals surface area (Å²) in [5.41, 5.74) is 1.23. The second-order valence-electron chi connectivity index (χ2n) is 2.47. The summed E-state index contributed by atoms with van der Waals surface area (Å²) in [6.07, 6.45) is 0. The van der Waals surface area contributed by atoms with Gasteiger partial charge in [0, 0.05) is 24.1 Å². The van der Waals surface area contributed by atoms with E-state index in [1.807, 2.05) is 7.05 Å². The van der Waals surface area contributed by atoms with Gasteiger partial charge in [0.15, 0.2) is 0 Å². The van der Waals surface area contributed by atoms with Crippen LogP contribution in [0.2, 0.25) is 0 Å². The van der Waals surface area contributed by atoms with Crippen LogP contribution in [0, 0.1) is 0 Å². The highest BCUT2D eigenvalue weighted by Crippen LogP contribution is 2.28. The van der Waals surface area contributed by atoms with Crippen LogP contribution < -0.4 is 5.32 Å². The van der Waals surface area contributed by atoms with Crippen LogP contribution in [0.3, 0.4) is 0 Å². The largest absolute Gasteiger partial charge is 0.380 e. The third-order valence-corrected chi connectivity index (χ3v) is 3.42. The molecule has 0 radical (unpaired) electrons. The SMILES string of the molecule is CNCc1cc(COC)c(Br)s1. The van der Waals surface area contributed by atoms with Crippen LogP contribution in [0.1, 0.15) is 10.4 Å². The molecule has 0 bridgehead atoms. The molecule has 68 valence electrons. The fourth-order valence-corrected chi connectivity index (χ4v) is 2.73. The molecular weight excluding hydrogens is 238 g/mol. The van der Waals surface area contributed by atoms with E-state index in [2.05, 4.69) is 27.3 Å². The first-order valence-corrected chi connectivity index (χ1v) is 5.29. The lowest BCUT2D eigenvalue weighted by Gasteiger charge is -1.93. The summed E-state index contributed by atoms with van der Waals surface area (Å²) < 4.78 is 6.23. The van der Waals surface area contributed by atoms with Gasteiger partial charge >= 0.3 is 0 Å². The molecule has 1 rings (SSSR count). The molecule has 0 aromatic carbocycles. The molecule has 0 atom stereocenters.